The fourth-order valence-electron chi connectivity index (χ4n) is 3.31. The predicted octanol–water partition coefficient (Wildman–Crippen LogP) is 4.69. The molecule has 0 spiro atoms. The molecule has 1 aromatic rings. The Labute approximate surface area is 117 Å². The third-order valence-electron chi connectivity index (χ3n) is 4.53. The summed E-state index contributed by atoms with van der Waals surface area (Å²) >= 11 is 0. The number of benzene rings is 1. The van der Waals surface area contributed by atoms with E-state index in [1.807, 2.05) is 0 Å². The molecule has 0 aliphatic heterocycles. The first-order valence-electron chi connectivity index (χ1n) is 7.56. The molecule has 19 heavy (non-hydrogen) atoms. The molecule has 1 aliphatic rings. The van der Waals surface area contributed by atoms with Crippen LogP contribution >= 0.6 is 0 Å². The monoisotopic (exact) mass is 261 g/mol. The van der Waals surface area contributed by atoms with Gasteiger partial charge in [0.15, 0.2) is 0 Å². The summed E-state index contributed by atoms with van der Waals surface area (Å²) in [5.41, 5.74) is 3.69. The Balaban J connectivity index is 2.10. The SMILES string of the molecule is CCC1CCCC(Nc2ccc(C)c(OC)c2C)C1. The molecule has 0 radical (unpaired) electrons. The van der Waals surface area contributed by atoms with Gasteiger partial charge in [0.1, 0.15) is 5.75 Å². The molecule has 0 amide bonds. The maximum atomic E-state index is 5.51. The highest BCUT2D eigenvalue weighted by molar-refractivity contribution is 5.60. The van der Waals surface area contributed by atoms with Crippen LogP contribution in [0.3, 0.4) is 0 Å². The molecule has 2 atom stereocenters. The van der Waals surface area contributed by atoms with E-state index in [1.54, 1.807) is 7.11 Å². The zero-order valence-electron chi connectivity index (χ0n) is 12.8. The topological polar surface area (TPSA) is 21.3 Å². The third-order valence-corrected chi connectivity index (χ3v) is 4.53. The minimum atomic E-state index is 0.629. The van der Waals surface area contributed by atoms with E-state index in [9.17, 15) is 0 Å². The number of rotatable bonds is 4. The molecule has 0 heterocycles. The summed E-state index contributed by atoms with van der Waals surface area (Å²) in [6.45, 7) is 6.56. The van der Waals surface area contributed by atoms with Gasteiger partial charge in [0.25, 0.3) is 0 Å². The minimum absolute atomic E-state index is 0.629. The van der Waals surface area contributed by atoms with Crippen molar-refractivity contribution in [3.63, 3.8) is 0 Å². The summed E-state index contributed by atoms with van der Waals surface area (Å²) in [4.78, 5) is 0. The molecule has 1 fully saturated rings. The van der Waals surface area contributed by atoms with E-state index >= 15 is 0 Å². The number of methoxy groups -OCH3 is 1. The fourth-order valence-corrected chi connectivity index (χ4v) is 3.31. The molecule has 0 aromatic heterocycles. The normalized spacial score (nSPS) is 23.2. The number of ether oxygens (including phenoxy) is 1. The quantitative estimate of drug-likeness (QED) is 0.848. The van der Waals surface area contributed by atoms with Gasteiger partial charge in [0.05, 0.1) is 7.11 Å². The van der Waals surface area contributed by atoms with E-state index in [0.717, 1.165) is 11.7 Å². The molecule has 1 N–H and O–H groups in total. The molecular formula is C17H27NO. The molecule has 2 rings (SSSR count). The molecule has 0 bridgehead atoms. The number of anilines is 1. The number of hydrogen-bond acceptors (Lipinski definition) is 2. The van der Waals surface area contributed by atoms with Crippen molar-refractivity contribution in [2.24, 2.45) is 5.92 Å². The van der Waals surface area contributed by atoms with Gasteiger partial charge in [-0.2, -0.15) is 0 Å². The van der Waals surface area contributed by atoms with Crippen molar-refractivity contribution < 1.29 is 4.74 Å². The van der Waals surface area contributed by atoms with E-state index in [4.69, 9.17) is 4.74 Å². The van der Waals surface area contributed by atoms with Crippen molar-refractivity contribution in [1.82, 2.24) is 0 Å². The van der Waals surface area contributed by atoms with Crippen LogP contribution in [0.5, 0.6) is 5.75 Å². The second kappa shape index (κ2) is 6.31. The van der Waals surface area contributed by atoms with Crippen molar-refractivity contribution in [1.29, 1.82) is 0 Å². The Morgan fingerprint density at radius 2 is 2.05 bits per heavy atom. The summed E-state index contributed by atoms with van der Waals surface area (Å²) in [5, 5.41) is 3.74. The maximum absolute atomic E-state index is 5.51. The summed E-state index contributed by atoms with van der Waals surface area (Å²) < 4.78 is 5.51. The van der Waals surface area contributed by atoms with Gasteiger partial charge in [0.2, 0.25) is 0 Å². The first-order chi connectivity index (χ1) is 9.15. The van der Waals surface area contributed by atoms with Crippen molar-refractivity contribution in [2.75, 3.05) is 12.4 Å². The molecule has 0 saturated heterocycles. The molecule has 106 valence electrons. The van der Waals surface area contributed by atoms with Crippen LogP contribution in [-0.2, 0) is 0 Å². The van der Waals surface area contributed by atoms with Crippen molar-refractivity contribution in [3.05, 3.63) is 23.3 Å². The Hall–Kier alpha value is -1.18. The lowest BCUT2D eigenvalue weighted by atomic mass is 9.84. The van der Waals surface area contributed by atoms with Crippen LogP contribution in [-0.4, -0.2) is 13.2 Å². The van der Waals surface area contributed by atoms with Crippen LogP contribution in [0.2, 0.25) is 0 Å². The van der Waals surface area contributed by atoms with Crippen LogP contribution in [0.1, 0.15) is 50.2 Å². The lowest BCUT2D eigenvalue weighted by Crippen LogP contribution is -2.27. The van der Waals surface area contributed by atoms with Gasteiger partial charge < -0.3 is 10.1 Å². The fraction of sp³-hybridized carbons (Fsp3) is 0.647. The van der Waals surface area contributed by atoms with Crippen molar-refractivity contribution >= 4 is 5.69 Å². The van der Waals surface area contributed by atoms with Crippen molar-refractivity contribution in [2.45, 2.75) is 58.9 Å². The molecular weight excluding hydrogens is 234 g/mol. The largest absolute Gasteiger partial charge is 0.496 e. The van der Waals surface area contributed by atoms with Crippen LogP contribution in [0.25, 0.3) is 0 Å². The first kappa shape index (κ1) is 14.2. The number of hydrogen-bond donors (Lipinski definition) is 1. The standard InChI is InChI=1S/C17H27NO/c1-5-14-7-6-8-15(11-14)18-16-10-9-12(2)17(19-4)13(16)3/h9-10,14-15,18H,5-8,11H2,1-4H3. The van der Waals surface area contributed by atoms with E-state index in [0.29, 0.717) is 6.04 Å². The second-order valence-corrected chi connectivity index (χ2v) is 5.87. The minimum Gasteiger partial charge on any atom is -0.496 e. The highest BCUT2D eigenvalue weighted by Gasteiger charge is 2.21. The van der Waals surface area contributed by atoms with Crippen LogP contribution < -0.4 is 10.1 Å². The molecule has 1 saturated carbocycles. The number of aryl methyl sites for hydroxylation is 1. The van der Waals surface area contributed by atoms with E-state index in [-0.39, 0.29) is 0 Å². The molecule has 1 aromatic carbocycles. The Kier molecular flexibility index (Phi) is 4.73. The van der Waals surface area contributed by atoms with Gasteiger partial charge in [-0.15, -0.1) is 0 Å². The highest BCUT2D eigenvalue weighted by atomic mass is 16.5. The highest BCUT2D eigenvalue weighted by Crippen LogP contribution is 2.33. The smallest absolute Gasteiger partial charge is 0.126 e. The lowest BCUT2D eigenvalue weighted by molar-refractivity contribution is 0.327. The average Bonchev–Trinajstić information content (AvgIpc) is 2.43. The van der Waals surface area contributed by atoms with Gasteiger partial charge in [-0.3, -0.25) is 0 Å². The van der Waals surface area contributed by atoms with Crippen LogP contribution in [0.15, 0.2) is 12.1 Å². The number of nitrogens with one attached hydrogen (secondary N) is 1. The van der Waals surface area contributed by atoms with Gasteiger partial charge in [-0.25, -0.2) is 0 Å². The lowest BCUT2D eigenvalue weighted by Gasteiger charge is -2.30. The van der Waals surface area contributed by atoms with E-state index < -0.39 is 0 Å². The third kappa shape index (κ3) is 3.23. The first-order valence-corrected chi connectivity index (χ1v) is 7.56. The second-order valence-electron chi connectivity index (χ2n) is 5.87. The van der Waals surface area contributed by atoms with Crippen LogP contribution in [0, 0.1) is 19.8 Å². The molecule has 2 heteroatoms. The Bertz CT molecular complexity index is 428. The van der Waals surface area contributed by atoms with Gasteiger partial charge in [-0.05, 0) is 44.2 Å². The van der Waals surface area contributed by atoms with E-state index in [2.05, 4.69) is 38.2 Å². The molecule has 2 unspecified atom stereocenters. The van der Waals surface area contributed by atoms with Gasteiger partial charge in [-0.1, -0.05) is 32.3 Å². The summed E-state index contributed by atoms with van der Waals surface area (Å²) in [7, 11) is 1.76. The van der Waals surface area contributed by atoms with E-state index in [1.165, 1.54) is 48.9 Å². The summed E-state index contributed by atoms with van der Waals surface area (Å²) in [5.74, 6) is 1.92. The molecule has 1 aliphatic carbocycles. The summed E-state index contributed by atoms with van der Waals surface area (Å²) in [6, 6.07) is 4.97. The Morgan fingerprint density at radius 3 is 2.74 bits per heavy atom. The predicted molar refractivity (Wildman–Crippen MR) is 82.1 cm³/mol. The van der Waals surface area contributed by atoms with Gasteiger partial charge in [0, 0.05) is 17.3 Å². The maximum Gasteiger partial charge on any atom is 0.126 e. The van der Waals surface area contributed by atoms with Crippen molar-refractivity contribution in [3.8, 4) is 5.75 Å². The summed E-state index contributed by atoms with van der Waals surface area (Å²) in [6.07, 6.45) is 6.69. The van der Waals surface area contributed by atoms with Gasteiger partial charge >= 0.3 is 0 Å². The average molecular weight is 261 g/mol. The zero-order chi connectivity index (χ0) is 13.8. The zero-order valence-corrected chi connectivity index (χ0v) is 12.8. The molecule has 2 nitrogen and oxygen atoms in total. The Morgan fingerprint density at radius 1 is 1.26 bits per heavy atom. The van der Waals surface area contributed by atoms with Crippen LogP contribution in [0.4, 0.5) is 5.69 Å².